The lowest BCUT2D eigenvalue weighted by molar-refractivity contribution is -0.139. The number of H-pyrrole nitrogens is 1. The molecule has 5 heteroatoms. The van der Waals surface area contributed by atoms with E-state index in [0.717, 1.165) is 10.8 Å². The van der Waals surface area contributed by atoms with Crippen molar-refractivity contribution >= 4 is 29.0 Å². The topological polar surface area (TPSA) is 62.3 Å². The first-order valence-electron chi connectivity index (χ1n) is 4.63. The summed E-state index contributed by atoms with van der Waals surface area (Å²) in [6.45, 7) is -0.366. The van der Waals surface area contributed by atoms with Crippen molar-refractivity contribution < 1.29 is 14.6 Å². The number of pyridine rings is 1. The average molecular weight is 235 g/mol. The van der Waals surface area contributed by atoms with E-state index in [9.17, 15) is 4.79 Å². The highest BCUT2D eigenvalue weighted by molar-refractivity contribution is 7.71. The zero-order valence-corrected chi connectivity index (χ0v) is 9.08. The number of rotatable bonds is 3. The number of aliphatic carboxylic acids is 1. The van der Waals surface area contributed by atoms with Gasteiger partial charge in [0.05, 0.1) is 0 Å². The van der Waals surface area contributed by atoms with Gasteiger partial charge in [0.2, 0.25) is 0 Å². The number of carboxylic acid groups (broad SMARTS) is 1. The van der Waals surface area contributed by atoms with E-state index in [1.54, 1.807) is 6.20 Å². The fourth-order valence-electron chi connectivity index (χ4n) is 1.44. The summed E-state index contributed by atoms with van der Waals surface area (Å²) in [5, 5.41) is 10.2. The Kier molecular flexibility index (Phi) is 2.87. The summed E-state index contributed by atoms with van der Waals surface area (Å²) in [5.74, 6) is -0.516. The molecule has 0 aliphatic heterocycles. The minimum atomic E-state index is -1.01. The summed E-state index contributed by atoms with van der Waals surface area (Å²) >= 11 is 5.12. The van der Waals surface area contributed by atoms with Crippen LogP contribution in [-0.4, -0.2) is 22.7 Å². The third-order valence-corrected chi connectivity index (χ3v) is 2.46. The molecule has 0 bridgehead atoms. The fourth-order valence-corrected chi connectivity index (χ4v) is 1.68. The minimum Gasteiger partial charge on any atom is -0.480 e. The zero-order valence-electron chi connectivity index (χ0n) is 8.27. The molecule has 1 heterocycles. The number of ether oxygens (including phenoxy) is 1. The quantitative estimate of drug-likeness (QED) is 0.802. The predicted octanol–water partition coefficient (Wildman–Crippen LogP) is 2.36. The summed E-state index contributed by atoms with van der Waals surface area (Å²) < 4.78 is 5.77. The molecule has 0 saturated carbocycles. The molecule has 16 heavy (non-hydrogen) atoms. The van der Waals surface area contributed by atoms with Gasteiger partial charge >= 0.3 is 5.97 Å². The summed E-state index contributed by atoms with van der Waals surface area (Å²) in [4.78, 5) is 13.3. The maximum absolute atomic E-state index is 10.4. The Hall–Kier alpha value is -1.88. The smallest absolute Gasteiger partial charge is 0.341 e. The van der Waals surface area contributed by atoms with Gasteiger partial charge in [-0.05, 0) is 0 Å². The van der Waals surface area contributed by atoms with E-state index >= 15 is 0 Å². The van der Waals surface area contributed by atoms with Crippen LogP contribution in [0.3, 0.4) is 0 Å². The Morgan fingerprint density at radius 1 is 1.38 bits per heavy atom. The number of carboxylic acids is 1. The Balaban J connectivity index is 2.50. The highest BCUT2D eigenvalue weighted by atomic mass is 32.1. The monoisotopic (exact) mass is 235 g/mol. The van der Waals surface area contributed by atoms with Crippen LogP contribution < -0.4 is 4.74 Å². The molecule has 2 aromatic rings. The normalized spacial score (nSPS) is 10.2. The van der Waals surface area contributed by atoms with Gasteiger partial charge in [0.25, 0.3) is 0 Å². The van der Waals surface area contributed by atoms with Crippen molar-refractivity contribution in [1.29, 1.82) is 0 Å². The molecule has 2 rings (SSSR count). The molecule has 1 aromatic carbocycles. The zero-order chi connectivity index (χ0) is 11.5. The third-order valence-electron chi connectivity index (χ3n) is 2.12. The Labute approximate surface area is 96.5 Å². The van der Waals surface area contributed by atoms with Crippen LogP contribution in [0.15, 0.2) is 30.5 Å². The molecular weight excluding hydrogens is 226 g/mol. The molecule has 0 fully saturated rings. The number of nitrogens with one attached hydrogen (secondary N) is 1. The van der Waals surface area contributed by atoms with Crippen LogP contribution in [0, 0.1) is 4.64 Å². The summed E-state index contributed by atoms with van der Waals surface area (Å²) in [5.41, 5.74) is 0. The van der Waals surface area contributed by atoms with Gasteiger partial charge in [0, 0.05) is 17.0 Å². The number of fused-ring (bicyclic) bond motifs is 1. The SMILES string of the molecule is O=C(O)COc1c[nH]c(=S)c2ccccc12. The van der Waals surface area contributed by atoms with Gasteiger partial charge in [0.1, 0.15) is 10.4 Å². The van der Waals surface area contributed by atoms with Crippen molar-refractivity contribution in [2.75, 3.05) is 6.61 Å². The Bertz CT molecular complexity index is 591. The maximum atomic E-state index is 10.4. The number of benzene rings is 1. The lowest BCUT2D eigenvalue weighted by atomic mass is 10.2. The number of aromatic nitrogens is 1. The third kappa shape index (κ3) is 2.04. The van der Waals surface area contributed by atoms with Crippen molar-refractivity contribution in [3.8, 4) is 5.75 Å². The highest BCUT2D eigenvalue weighted by Gasteiger charge is 2.05. The molecule has 0 radical (unpaired) electrons. The first-order chi connectivity index (χ1) is 7.68. The lowest BCUT2D eigenvalue weighted by Gasteiger charge is -2.06. The number of hydrogen-bond acceptors (Lipinski definition) is 3. The minimum absolute atomic E-state index is 0.366. The second-order valence-electron chi connectivity index (χ2n) is 3.21. The van der Waals surface area contributed by atoms with Gasteiger partial charge in [0.15, 0.2) is 6.61 Å². The van der Waals surface area contributed by atoms with Crippen LogP contribution >= 0.6 is 12.2 Å². The second-order valence-corrected chi connectivity index (χ2v) is 3.62. The van der Waals surface area contributed by atoms with Crippen LogP contribution in [0.2, 0.25) is 0 Å². The van der Waals surface area contributed by atoms with E-state index in [1.165, 1.54) is 0 Å². The van der Waals surface area contributed by atoms with Crippen molar-refractivity contribution in [1.82, 2.24) is 4.98 Å². The fraction of sp³-hybridized carbons (Fsp3) is 0.0909. The largest absolute Gasteiger partial charge is 0.480 e. The molecule has 0 aliphatic rings. The lowest BCUT2D eigenvalue weighted by Crippen LogP contribution is -2.09. The van der Waals surface area contributed by atoms with Gasteiger partial charge in [-0.25, -0.2) is 4.79 Å². The first-order valence-corrected chi connectivity index (χ1v) is 5.04. The van der Waals surface area contributed by atoms with Crippen molar-refractivity contribution in [3.05, 3.63) is 35.1 Å². The van der Waals surface area contributed by atoms with Gasteiger partial charge in [-0.2, -0.15) is 0 Å². The second kappa shape index (κ2) is 4.32. The molecule has 1 aromatic heterocycles. The molecular formula is C11H9NO3S. The van der Waals surface area contributed by atoms with Crippen LogP contribution in [0.5, 0.6) is 5.75 Å². The van der Waals surface area contributed by atoms with Gasteiger partial charge in [-0.1, -0.05) is 36.5 Å². The van der Waals surface area contributed by atoms with E-state index in [2.05, 4.69) is 4.98 Å². The number of hydrogen-bond donors (Lipinski definition) is 2. The molecule has 0 atom stereocenters. The van der Waals surface area contributed by atoms with Crippen LogP contribution in [0.25, 0.3) is 10.8 Å². The molecule has 0 amide bonds. The van der Waals surface area contributed by atoms with Crippen molar-refractivity contribution in [2.24, 2.45) is 0 Å². The van der Waals surface area contributed by atoms with Gasteiger partial charge < -0.3 is 14.8 Å². The van der Waals surface area contributed by atoms with E-state index in [4.69, 9.17) is 22.1 Å². The van der Waals surface area contributed by atoms with Gasteiger partial charge in [-0.15, -0.1) is 0 Å². The molecule has 4 nitrogen and oxygen atoms in total. The summed E-state index contributed by atoms with van der Waals surface area (Å²) in [7, 11) is 0. The van der Waals surface area contributed by atoms with E-state index in [0.29, 0.717) is 10.4 Å². The van der Waals surface area contributed by atoms with Crippen molar-refractivity contribution in [3.63, 3.8) is 0 Å². The Morgan fingerprint density at radius 2 is 2.06 bits per heavy atom. The van der Waals surface area contributed by atoms with Crippen molar-refractivity contribution in [2.45, 2.75) is 0 Å². The molecule has 2 N–H and O–H groups in total. The highest BCUT2D eigenvalue weighted by Crippen LogP contribution is 2.24. The van der Waals surface area contributed by atoms with E-state index in [-0.39, 0.29) is 6.61 Å². The van der Waals surface area contributed by atoms with Gasteiger partial charge in [-0.3, -0.25) is 0 Å². The van der Waals surface area contributed by atoms with Crippen LogP contribution in [-0.2, 0) is 4.79 Å². The number of aromatic amines is 1. The Morgan fingerprint density at radius 3 is 2.75 bits per heavy atom. The number of carbonyl (C=O) groups is 1. The molecule has 0 unspecified atom stereocenters. The summed E-state index contributed by atoms with van der Waals surface area (Å²) in [6, 6.07) is 7.43. The van der Waals surface area contributed by atoms with Crippen LogP contribution in [0.1, 0.15) is 0 Å². The van der Waals surface area contributed by atoms with Crippen LogP contribution in [0.4, 0.5) is 0 Å². The predicted molar refractivity (Wildman–Crippen MR) is 62.3 cm³/mol. The molecule has 0 spiro atoms. The molecule has 0 saturated heterocycles. The van der Waals surface area contributed by atoms with E-state index in [1.807, 2.05) is 24.3 Å². The molecule has 82 valence electrons. The first kappa shape index (κ1) is 10.6. The average Bonchev–Trinajstić information content (AvgIpc) is 2.28. The van der Waals surface area contributed by atoms with E-state index < -0.39 is 5.97 Å². The summed E-state index contributed by atoms with van der Waals surface area (Å²) in [6.07, 6.45) is 1.58. The molecule has 0 aliphatic carbocycles. The maximum Gasteiger partial charge on any atom is 0.341 e. The standard InChI is InChI=1S/C11H9NO3S/c13-10(14)6-15-9-5-12-11(16)8-4-2-1-3-7(8)9/h1-5H,6H2,(H,12,16)(H,13,14).